The lowest BCUT2D eigenvalue weighted by molar-refractivity contribution is -0.118. The summed E-state index contributed by atoms with van der Waals surface area (Å²) in [5, 5.41) is 14.1. The van der Waals surface area contributed by atoms with Crippen LogP contribution in [0.25, 0.3) is 0 Å². The number of carbonyl (C=O) groups is 1. The number of halogens is 1. The Labute approximate surface area is 120 Å². The van der Waals surface area contributed by atoms with Crippen molar-refractivity contribution in [1.29, 1.82) is 0 Å². The standard InChI is InChI=1S/C13H16FN3O2S/c1-13(5-2-6-20-13)12(18)16-8-3-4-10(14)9(7-8)11(15)17-19/h3-4,7,19H,2,5-6H2,1H3,(H2,15,17)(H,16,18). The number of hydrogen-bond donors (Lipinski definition) is 3. The fourth-order valence-electron chi connectivity index (χ4n) is 2.07. The number of hydrogen-bond acceptors (Lipinski definition) is 4. The number of thioether (sulfide) groups is 1. The first-order valence-electron chi connectivity index (χ1n) is 6.19. The third-order valence-corrected chi connectivity index (χ3v) is 4.83. The van der Waals surface area contributed by atoms with Gasteiger partial charge in [0.25, 0.3) is 0 Å². The predicted molar refractivity (Wildman–Crippen MR) is 77.6 cm³/mol. The van der Waals surface area contributed by atoms with E-state index in [-0.39, 0.29) is 17.3 Å². The van der Waals surface area contributed by atoms with E-state index in [4.69, 9.17) is 10.9 Å². The number of carbonyl (C=O) groups excluding carboxylic acids is 1. The first-order valence-corrected chi connectivity index (χ1v) is 7.18. The number of nitrogens with zero attached hydrogens (tertiary/aromatic N) is 1. The van der Waals surface area contributed by atoms with Crippen molar-refractivity contribution in [1.82, 2.24) is 0 Å². The van der Waals surface area contributed by atoms with E-state index in [1.54, 1.807) is 11.8 Å². The average molecular weight is 297 g/mol. The van der Waals surface area contributed by atoms with E-state index in [1.807, 2.05) is 6.92 Å². The maximum atomic E-state index is 13.5. The summed E-state index contributed by atoms with van der Waals surface area (Å²) in [6.45, 7) is 1.90. The first-order chi connectivity index (χ1) is 9.46. The quantitative estimate of drug-likeness (QED) is 0.345. The summed E-state index contributed by atoms with van der Waals surface area (Å²) >= 11 is 1.62. The van der Waals surface area contributed by atoms with Gasteiger partial charge in [-0.05, 0) is 43.7 Å². The van der Waals surface area contributed by atoms with Gasteiger partial charge in [-0.25, -0.2) is 4.39 Å². The molecule has 0 aromatic heterocycles. The predicted octanol–water partition coefficient (Wildman–Crippen LogP) is 2.14. The van der Waals surface area contributed by atoms with E-state index in [9.17, 15) is 9.18 Å². The van der Waals surface area contributed by atoms with Crippen LogP contribution in [0.2, 0.25) is 0 Å². The molecule has 2 rings (SSSR count). The van der Waals surface area contributed by atoms with Crippen LogP contribution in [0.3, 0.4) is 0 Å². The molecule has 1 aliphatic rings. The Morgan fingerprint density at radius 3 is 2.95 bits per heavy atom. The van der Waals surface area contributed by atoms with Gasteiger partial charge in [0.2, 0.25) is 5.91 Å². The minimum atomic E-state index is -0.611. The van der Waals surface area contributed by atoms with Gasteiger partial charge in [0.05, 0.1) is 10.3 Å². The molecular weight excluding hydrogens is 281 g/mol. The lowest BCUT2D eigenvalue weighted by Gasteiger charge is -2.21. The van der Waals surface area contributed by atoms with Crippen molar-refractivity contribution in [2.45, 2.75) is 24.5 Å². The smallest absolute Gasteiger partial charge is 0.240 e. The Morgan fingerprint density at radius 2 is 2.35 bits per heavy atom. The third kappa shape index (κ3) is 2.87. The van der Waals surface area contributed by atoms with E-state index in [0.717, 1.165) is 18.6 Å². The van der Waals surface area contributed by atoms with E-state index < -0.39 is 10.6 Å². The molecule has 20 heavy (non-hydrogen) atoms. The Balaban J connectivity index is 2.20. The van der Waals surface area contributed by atoms with Crippen LogP contribution in [0.1, 0.15) is 25.3 Å². The summed E-state index contributed by atoms with van der Waals surface area (Å²) < 4.78 is 13.1. The van der Waals surface area contributed by atoms with Crippen LogP contribution in [0, 0.1) is 5.82 Å². The summed E-state index contributed by atoms with van der Waals surface area (Å²) in [7, 11) is 0. The zero-order valence-corrected chi connectivity index (χ0v) is 11.8. The van der Waals surface area contributed by atoms with Gasteiger partial charge in [0.1, 0.15) is 5.82 Å². The number of benzene rings is 1. The molecular formula is C13H16FN3O2S. The SMILES string of the molecule is CC1(C(=O)Nc2ccc(F)c(/C(N)=N/O)c2)CCCS1. The van der Waals surface area contributed by atoms with Gasteiger partial charge in [-0.1, -0.05) is 5.16 Å². The van der Waals surface area contributed by atoms with E-state index in [0.29, 0.717) is 5.69 Å². The van der Waals surface area contributed by atoms with Crippen molar-refractivity contribution in [3.8, 4) is 0 Å². The number of anilines is 1. The molecule has 1 atom stereocenters. The molecule has 1 aromatic rings. The average Bonchev–Trinajstić information content (AvgIpc) is 2.88. The Morgan fingerprint density at radius 1 is 1.60 bits per heavy atom. The lowest BCUT2D eigenvalue weighted by Crippen LogP contribution is -2.34. The molecule has 0 radical (unpaired) electrons. The van der Waals surface area contributed by atoms with E-state index >= 15 is 0 Å². The minimum Gasteiger partial charge on any atom is -0.409 e. The molecule has 0 spiro atoms. The molecule has 7 heteroatoms. The molecule has 0 bridgehead atoms. The van der Waals surface area contributed by atoms with Gasteiger partial charge in [0.15, 0.2) is 5.84 Å². The molecule has 1 aromatic carbocycles. The second-order valence-corrected chi connectivity index (χ2v) is 6.41. The highest BCUT2D eigenvalue weighted by Gasteiger charge is 2.37. The molecule has 1 fully saturated rings. The summed E-state index contributed by atoms with van der Waals surface area (Å²) in [6, 6.07) is 3.97. The molecule has 0 saturated carbocycles. The topological polar surface area (TPSA) is 87.7 Å². The van der Waals surface area contributed by atoms with Crippen LogP contribution >= 0.6 is 11.8 Å². The number of amidine groups is 1. The summed E-state index contributed by atoms with van der Waals surface area (Å²) in [5.41, 5.74) is 5.76. The van der Waals surface area contributed by atoms with E-state index in [1.165, 1.54) is 18.2 Å². The fraction of sp³-hybridized carbons (Fsp3) is 0.385. The molecule has 108 valence electrons. The molecule has 1 unspecified atom stereocenters. The van der Waals surface area contributed by atoms with Gasteiger partial charge >= 0.3 is 0 Å². The zero-order chi connectivity index (χ0) is 14.8. The highest BCUT2D eigenvalue weighted by atomic mass is 32.2. The number of nitrogens with two attached hydrogens (primary N) is 1. The van der Waals surface area contributed by atoms with Gasteiger partial charge < -0.3 is 16.3 Å². The van der Waals surface area contributed by atoms with Gasteiger partial charge in [-0.15, -0.1) is 11.8 Å². The van der Waals surface area contributed by atoms with E-state index in [2.05, 4.69) is 10.5 Å². The van der Waals surface area contributed by atoms with Crippen LogP contribution in [0.4, 0.5) is 10.1 Å². The second-order valence-electron chi connectivity index (χ2n) is 4.82. The monoisotopic (exact) mass is 297 g/mol. The van der Waals surface area contributed by atoms with Crippen molar-refractivity contribution in [3.05, 3.63) is 29.6 Å². The van der Waals surface area contributed by atoms with Crippen LogP contribution in [-0.4, -0.2) is 27.4 Å². The third-order valence-electron chi connectivity index (χ3n) is 3.31. The summed E-state index contributed by atoms with van der Waals surface area (Å²) in [4.78, 5) is 12.2. The fourth-order valence-corrected chi connectivity index (χ4v) is 3.28. The summed E-state index contributed by atoms with van der Waals surface area (Å²) in [5.74, 6) is -0.0974. The van der Waals surface area contributed by atoms with Crippen molar-refractivity contribution in [2.75, 3.05) is 11.1 Å². The first kappa shape index (κ1) is 14.6. The van der Waals surface area contributed by atoms with Crippen molar-refractivity contribution >= 4 is 29.2 Å². The number of amides is 1. The van der Waals surface area contributed by atoms with Gasteiger partial charge in [-0.2, -0.15) is 0 Å². The molecule has 4 N–H and O–H groups in total. The number of oxime groups is 1. The van der Waals surface area contributed by atoms with Gasteiger partial charge in [-0.3, -0.25) is 4.79 Å². The Hall–Kier alpha value is -1.76. The second kappa shape index (κ2) is 5.70. The molecule has 1 heterocycles. The Kier molecular flexibility index (Phi) is 4.17. The van der Waals surface area contributed by atoms with Crippen LogP contribution in [-0.2, 0) is 4.79 Å². The van der Waals surface area contributed by atoms with Crippen LogP contribution < -0.4 is 11.1 Å². The molecule has 1 amide bonds. The molecule has 5 nitrogen and oxygen atoms in total. The van der Waals surface area contributed by atoms with Crippen LogP contribution in [0.5, 0.6) is 0 Å². The lowest BCUT2D eigenvalue weighted by atomic mass is 10.0. The molecule has 1 aliphatic heterocycles. The maximum absolute atomic E-state index is 13.5. The largest absolute Gasteiger partial charge is 0.409 e. The highest BCUT2D eigenvalue weighted by molar-refractivity contribution is 8.01. The van der Waals surface area contributed by atoms with Gasteiger partial charge in [0, 0.05) is 5.69 Å². The number of nitrogens with one attached hydrogen (secondary N) is 1. The number of rotatable bonds is 3. The molecule has 1 saturated heterocycles. The molecule has 0 aliphatic carbocycles. The maximum Gasteiger partial charge on any atom is 0.240 e. The minimum absolute atomic E-state index is 0.0467. The van der Waals surface area contributed by atoms with Crippen molar-refractivity contribution < 1.29 is 14.4 Å². The van der Waals surface area contributed by atoms with Crippen LogP contribution in [0.15, 0.2) is 23.4 Å². The summed E-state index contributed by atoms with van der Waals surface area (Å²) in [6.07, 6.45) is 1.82. The normalized spacial score (nSPS) is 22.8. The van der Waals surface area contributed by atoms with Crippen molar-refractivity contribution in [2.24, 2.45) is 10.9 Å². The highest BCUT2D eigenvalue weighted by Crippen LogP contribution is 2.38. The van der Waals surface area contributed by atoms with Crippen molar-refractivity contribution in [3.63, 3.8) is 0 Å². The zero-order valence-electron chi connectivity index (χ0n) is 11.0. The Bertz CT molecular complexity index is 557.